The van der Waals surface area contributed by atoms with Crippen LogP contribution in [0.2, 0.25) is 0 Å². The van der Waals surface area contributed by atoms with Gasteiger partial charge in [-0.3, -0.25) is 0 Å². The quantitative estimate of drug-likeness (QED) is 0.153. The van der Waals surface area contributed by atoms with Crippen molar-refractivity contribution in [3.63, 3.8) is 0 Å². The fourth-order valence-electron chi connectivity index (χ4n) is 14.2. The van der Waals surface area contributed by atoms with Crippen LogP contribution in [0.3, 0.4) is 0 Å². The average molecular weight is 1340 g/mol. The highest BCUT2D eigenvalue weighted by atomic mass is 79.9. The van der Waals surface area contributed by atoms with E-state index in [-0.39, 0.29) is 0 Å². The molecule has 0 saturated heterocycles. The lowest BCUT2D eigenvalue weighted by Crippen LogP contribution is -2.11. The Balaban J connectivity index is 0.000000137. The largest absolute Gasteiger partial charge is 0.454 e. The van der Waals surface area contributed by atoms with Crippen LogP contribution in [0.5, 0.6) is 0 Å². The van der Waals surface area contributed by atoms with Gasteiger partial charge in [-0.1, -0.05) is 250 Å². The van der Waals surface area contributed by atoms with Crippen LogP contribution < -0.4 is 15.1 Å². The Morgan fingerprint density at radius 3 is 1.01 bits per heavy atom. The minimum Gasteiger partial charge on any atom is -0.454 e. The number of nitrogens with one attached hydrogen (secondary N) is 1. The Hall–Kier alpha value is -11.4. The molecule has 0 atom stereocenters. The van der Waals surface area contributed by atoms with E-state index >= 15 is 0 Å². The third-order valence-electron chi connectivity index (χ3n) is 18.4. The standard InChI is InChI=1S/C52H32N2O2.C18H13NO.C16H8Br2/c1-3-13-35(14-4-1)53(45-21-11-19-39-37-17-7-9-23-47(37)55-51(39)45)43-31-27-33-26-30-42-44(32-28-34-25-29-41(43)49(33)50(34)42)54(36-15-5-2-6-16-36)46-22-12-20-40-38-18-8-10-24-48(38)56-52(40)46;1-2-7-13(8-3-1)19-16-11-6-10-15-14-9-4-5-12-17(14)20-18(15)16;17-13-8-4-10-2-6-12-14(18)7-3-9-1-5-11(13)16(10)15(9)12/h1-32H;1-12,19H;1-8H. The van der Waals surface area contributed by atoms with Crippen LogP contribution in [0.4, 0.5) is 45.5 Å². The zero-order valence-corrected chi connectivity index (χ0v) is 53.6. The second-order valence-corrected chi connectivity index (χ2v) is 25.4. The summed E-state index contributed by atoms with van der Waals surface area (Å²) in [6.07, 6.45) is 0. The lowest BCUT2D eigenvalue weighted by molar-refractivity contribution is 0.669. The first kappa shape index (κ1) is 55.4. The monoisotopic (exact) mass is 1330 g/mol. The molecule has 0 amide bonds. The molecule has 20 aromatic rings. The third-order valence-corrected chi connectivity index (χ3v) is 19.8. The topological polar surface area (TPSA) is 57.9 Å². The van der Waals surface area contributed by atoms with Crippen molar-refractivity contribution in [1.29, 1.82) is 0 Å². The summed E-state index contributed by atoms with van der Waals surface area (Å²) in [5, 5.41) is 25.2. The van der Waals surface area contributed by atoms with Gasteiger partial charge in [0.05, 0.1) is 28.4 Å². The summed E-state index contributed by atoms with van der Waals surface area (Å²) in [6, 6.07) is 111. The molecule has 444 valence electrons. The van der Waals surface area contributed by atoms with Crippen molar-refractivity contribution in [2.75, 3.05) is 15.1 Å². The number of halogens is 2. The number of furan rings is 3. The molecule has 0 aliphatic carbocycles. The van der Waals surface area contributed by atoms with Gasteiger partial charge in [-0.2, -0.15) is 0 Å². The van der Waals surface area contributed by atoms with Gasteiger partial charge in [-0.15, -0.1) is 0 Å². The molecular weight excluding hydrogens is 1280 g/mol. The highest BCUT2D eigenvalue weighted by molar-refractivity contribution is 9.11. The summed E-state index contributed by atoms with van der Waals surface area (Å²) in [4.78, 5) is 4.71. The minimum absolute atomic E-state index is 0.865. The van der Waals surface area contributed by atoms with E-state index in [2.05, 4.69) is 284 Å². The molecule has 3 aromatic heterocycles. The lowest BCUT2D eigenvalue weighted by Gasteiger charge is -2.29. The Bertz CT molecular complexity index is 5950. The molecule has 20 rings (SSSR count). The molecule has 0 aliphatic rings. The second kappa shape index (κ2) is 22.8. The Morgan fingerprint density at radius 2 is 0.564 bits per heavy atom. The van der Waals surface area contributed by atoms with Gasteiger partial charge in [0.15, 0.2) is 16.7 Å². The van der Waals surface area contributed by atoms with E-state index in [0.717, 1.165) is 120 Å². The van der Waals surface area contributed by atoms with E-state index in [1.807, 2.05) is 78.9 Å². The van der Waals surface area contributed by atoms with Gasteiger partial charge in [0.2, 0.25) is 0 Å². The van der Waals surface area contributed by atoms with E-state index in [0.29, 0.717) is 0 Å². The number of fused-ring (bicyclic) bond motifs is 9. The van der Waals surface area contributed by atoms with Gasteiger partial charge in [0.25, 0.3) is 0 Å². The van der Waals surface area contributed by atoms with Gasteiger partial charge < -0.3 is 28.4 Å². The SMILES string of the molecule is Brc1ccc2ccc3c(Br)ccc4ccc1c2c43.c1ccc(N(c2ccc3ccc4c(N(c5ccccc5)c5cccc6c5oc5ccccc56)ccc5ccc2c3c54)c2cccc3c2oc2ccccc23)cc1.c1ccc(Nc2cccc3c2oc2ccccc23)cc1. The molecule has 0 fully saturated rings. The van der Waals surface area contributed by atoms with Crippen LogP contribution in [-0.4, -0.2) is 0 Å². The first-order chi connectivity index (χ1) is 46.5. The summed E-state index contributed by atoms with van der Waals surface area (Å²) in [6.45, 7) is 0. The zero-order chi connectivity index (χ0) is 62.4. The molecule has 0 spiro atoms. The maximum absolute atomic E-state index is 6.65. The van der Waals surface area contributed by atoms with E-state index in [9.17, 15) is 0 Å². The molecule has 0 aliphatic heterocycles. The highest BCUT2D eigenvalue weighted by Gasteiger charge is 2.26. The van der Waals surface area contributed by atoms with Gasteiger partial charge in [0, 0.05) is 69.1 Å². The predicted octanol–water partition coefficient (Wildman–Crippen LogP) is 26.8. The van der Waals surface area contributed by atoms with Crippen molar-refractivity contribution in [3.05, 3.63) is 324 Å². The first-order valence-electron chi connectivity index (χ1n) is 31.4. The summed E-state index contributed by atoms with van der Waals surface area (Å²) in [5.74, 6) is 0. The highest BCUT2D eigenvalue weighted by Crippen LogP contribution is 2.51. The third kappa shape index (κ3) is 9.20. The molecule has 6 nitrogen and oxygen atoms in total. The fraction of sp³-hybridized carbons (Fsp3) is 0. The minimum atomic E-state index is 0.865. The van der Waals surface area contributed by atoms with Crippen molar-refractivity contribution >= 4 is 208 Å². The molecule has 17 aromatic carbocycles. The summed E-state index contributed by atoms with van der Waals surface area (Å²) < 4.78 is 21.6. The number of hydrogen-bond donors (Lipinski definition) is 1. The van der Waals surface area contributed by atoms with Crippen molar-refractivity contribution in [2.24, 2.45) is 0 Å². The van der Waals surface area contributed by atoms with Crippen LogP contribution in [0.15, 0.2) is 338 Å². The predicted molar refractivity (Wildman–Crippen MR) is 403 cm³/mol. The normalized spacial score (nSPS) is 11.7. The maximum Gasteiger partial charge on any atom is 0.159 e. The van der Waals surface area contributed by atoms with Gasteiger partial charge in [-0.25, -0.2) is 0 Å². The lowest BCUT2D eigenvalue weighted by atomic mass is 9.91. The van der Waals surface area contributed by atoms with Crippen LogP contribution >= 0.6 is 31.9 Å². The Kier molecular flexibility index (Phi) is 13.4. The molecule has 0 unspecified atom stereocenters. The number of hydrogen-bond acceptors (Lipinski definition) is 6. The Labute approximate surface area is 556 Å². The second-order valence-electron chi connectivity index (χ2n) is 23.7. The fourth-order valence-corrected chi connectivity index (χ4v) is 15.1. The molecule has 3 heterocycles. The van der Waals surface area contributed by atoms with Crippen LogP contribution in [0.1, 0.15) is 0 Å². The van der Waals surface area contributed by atoms with Crippen molar-refractivity contribution in [1.82, 2.24) is 0 Å². The maximum atomic E-state index is 6.65. The molecule has 94 heavy (non-hydrogen) atoms. The van der Waals surface area contributed by atoms with E-state index in [1.54, 1.807) is 0 Å². The average Bonchev–Trinajstić information content (AvgIpc) is 0.886. The zero-order valence-electron chi connectivity index (χ0n) is 50.4. The molecule has 8 heteroatoms. The van der Waals surface area contributed by atoms with Crippen molar-refractivity contribution in [3.8, 4) is 0 Å². The molecule has 0 saturated carbocycles. The van der Waals surface area contributed by atoms with Gasteiger partial charge >= 0.3 is 0 Å². The molecular formula is C86H53Br2N3O3. The molecule has 0 radical (unpaired) electrons. The van der Waals surface area contributed by atoms with E-state index in [1.165, 1.54) is 64.6 Å². The number of rotatable bonds is 8. The Morgan fingerprint density at radius 1 is 0.234 bits per heavy atom. The van der Waals surface area contributed by atoms with Gasteiger partial charge in [0.1, 0.15) is 16.7 Å². The summed E-state index contributed by atoms with van der Waals surface area (Å²) in [5.41, 5.74) is 13.6. The first-order valence-corrected chi connectivity index (χ1v) is 33.0. The van der Waals surface area contributed by atoms with Crippen molar-refractivity contribution in [2.45, 2.75) is 0 Å². The van der Waals surface area contributed by atoms with Crippen LogP contribution in [0.25, 0.3) is 130 Å². The smallest absolute Gasteiger partial charge is 0.159 e. The number of para-hydroxylation sites is 9. The van der Waals surface area contributed by atoms with E-state index in [4.69, 9.17) is 13.3 Å². The number of nitrogens with zero attached hydrogens (tertiary/aromatic N) is 2. The van der Waals surface area contributed by atoms with E-state index < -0.39 is 0 Å². The van der Waals surface area contributed by atoms with Crippen molar-refractivity contribution < 1.29 is 13.3 Å². The molecule has 1 N–H and O–H groups in total. The van der Waals surface area contributed by atoms with Crippen LogP contribution in [0, 0.1) is 0 Å². The summed E-state index contributed by atoms with van der Waals surface area (Å²) >= 11 is 7.30. The summed E-state index contributed by atoms with van der Waals surface area (Å²) in [7, 11) is 0. The number of benzene rings is 17. The van der Waals surface area contributed by atoms with Crippen LogP contribution in [-0.2, 0) is 0 Å². The molecule has 0 bridgehead atoms. The van der Waals surface area contributed by atoms with Gasteiger partial charge in [-0.05, 0) is 151 Å². The number of anilines is 8.